The predicted molar refractivity (Wildman–Crippen MR) is 65.5 cm³/mol. The molecule has 0 aliphatic heterocycles. The van der Waals surface area contributed by atoms with E-state index in [0.29, 0.717) is 0 Å². The Morgan fingerprint density at radius 1 is 1.47 bits per heavy atom. The van der Waals surface area contributed by atoms with Crippen molar-refractivity contribution in [2.45, 2.75) is 42.5 Å². The molecule has 15 heavy (non-hydrogen) atoms. The summed E-state index contributed by atoms with van der Waals surface area (Å²) in [7, 11) is 0. The van der Waals surface area contributed by atoms with Crippen LogP contribution < -0.4 is 5.32 Å². The Balaban J connectivity index is 1.48. The van der Waals surface area contributed by atoms with Crippen molar-refractivity contribution >= 4 is 23.1 Å². The number of aromatic nitrogens is 2. The normalized spacial score (nSPS) is 17.3. The second-order valence-electron chi connectivity index (χ2n) is 3.84. The fraction of sp³-hybridized carbons (Fsp3) is 0.800. The second-order valence-corrected chi connectivity index (χ2v) is 6.02. The molecule has 3 nitrogen and oxygen atoms in total. The number of nitrogens with one attached hydrogen (secondary N) is 1. The molecule has 1 aliphatic carbocycles. The lowest BCUT2D eigenvalue weighted by atomic mass is 10.2. The SMILES string of the molecule is c1nnc(SCCCNC2CCCC2)s1. The van der Waals surface area contributed by atoms with E-state index in [0.717, 1.165) is 22.7 Å². The first kappa shape index (κ1) is 11.4. The molecule has 1 N–H and O–H groups in total. The highest BCUT2D eigenvalue weighted by molar-refractivity contribution is 8.00. The van der Waals surface area contributed by atoms with E-state index in [-0.39, 0.29) is 0 Å². The number of hydrogen-bond acceptors (Lipinski definition) is 5. The van der Waals surface area contributed by atoms with Crippen molar-refractivity contribution in [3.05, 3.63) is 5.51 Å². The zero-order chi connectivity index (χ0) is 10.3. The van der Waals surface area contributed by atoms with Crippen molar-refractivity contribution in [1.29, 1.82) is 0 Å². The van der Waals surface area contributed by atoms with Gasteiger partial charge in [0.2, 0.25) is 0 Å². The maximum atomic E-state index is 4.00. The Kier molecular flexibility index (Phi) is 4.89. The Morgan fingerprint density at radius 2 is 2.33 bits per heavy atom. The average Bonchev–Trinajstić information content (AvgIpc) is 2.88. The predicted octanol–water partition coefficient (Wildman–Crippen LogP) is 2.55. The summed E-state index contributed by atoms with van der Waals surface area (Å²) < 4.78 is 1.09. The molecule has 2 rings (SSSR count). The molecule has 1 saturated carbocycles. The first-order chi connectivity index (χ1) is 7.45. The van der Waals surface area contributed by atoms with Gasteiger partial charge in [-0.3, -0.25) is 0 Å². The van der Waals surface area contributed by atoms with Gasteiger partial charge in [-0.25, -0.2) is 0 Å². The van der Waals surface area contributed by atoms with Crippen molar-refractivity contribution < 1.29 is 0 Å². The minimum absolute atomic E-state index is 0.802. The monoisotopic (exact) mass is 243 g/mol. The molecule has 1 aromatic heterocycles. The highest BCUT2D eigenvalue weighted by Gasteiger charge is 2.13. The second kappa shape index (κ2) is 6.45. The van der Waals surface area contributed by atoms with Crippen LogP contribution in [-0.4, -0.2) is 28.5 Å². The van der Waals surface area contributed by atoms with Gasteiger partial charge in [-0.15, -0.1) is 10.2 Å². The molecule has 0 unspecified atom stereocenters. The lowest BCUT2D eigenvalue weighted by Gasteiger charge is -2.10. The van der Waals surface area contributed by atoms with Gasteiger partial charge in [-0.2, -0.15) is 0 Å². The molecule has 0 aromatic carbocycles. The zero-order valence-electron chi connectivity index (χ0n) is 8.82. The van der Waals surface area contributed by atoms with Crippen molar-refractivity contribution in [2.75, 3.05) is 12.3 Å². The summed E-state index contributed by atoms with van der Waals surface area (Å²) in [5.41, 5.74) is 1.79. The maximum Gasteiger partial charge on any atom is 0.174 e. The van der Waals surface area contributed by atoms with Gasteiger partial charge in [-0.05, 0) is 25.8 Å². The molecular weight excluding hydrogens is 226 g/mol. The van der Waals surface area contributed by atoms with Crippen LogP contribution in [0.2, 0.25) is 0 Å². The Labute approximate surface area is 99.1 Å². The minimum atomic E-state index is 0.802. The third kappa shape index (κ3) is 4.09. The smallest absolute Gasteiger partial charge is 0.174 e. The Hall–Kier alpha value is -0.130. The fourth-order valence-corrected chi connectivity index (χ4v) is 3.39. The van der Waals surface area contributed by atoms with Crippen LogP contribution in [0.5, 0.6) is 0 Å². The molecule has 0 saturated heterocycles. The van der Waals surface area contributed by atoms with Gasteiger partial charge >= 0.3 is 0 Å². The highest BCUT2D eigenvalue weighted by Crippen LogP contribution is 2.20. The summed E-state index contributed by atoms with van der Waals surface area (Å²) in [5.74, 6) is 1.15. The minimum Gasteiger partial charge on any atom is -0.314 e. The summed E-state index contributed by atoms with van der Waals surface area (Å²) in [5, 5.41) is 11.4. The van der Waals surface area contributed by atoms with Gasteiger partial charge in [0.1, 0.15) is 5.51 Å². The van der Waals surface area contributed by atoms with E-state index in [2.05, 4.69) is 15.5 Å². The quantitative estimate of drug-likeness (QED) is 0.615. The van der Waals surface area contributed by atoms with Gasteiger partial charge in [0.15, 0.2) is 4.34 Å². The van der Waals surface area contributed by atoms with Gasteiger partial charge in [0, 0.05) is 11.8 Å². The third-order valence-corrected chi connectivity index (χ3v) is 4.62. The van der Waals surface area contributed by atoms with Crippen LogP contribution in [0.4, 0.5) is 0 Å². The lowest BCUT2D eigenvalue weighted by molar-refractivity contribution is 0.525. The van der Waals surface area contributed by atoms with Crippen molar-refractivity contribution in [1.82, 2.24) is 15.5 Å². The molecule has 1 heterocycles. The van der Waals surface area contributed by atoms with Gasteiger partial charge in [-0.1, -0.05) is 35.9 Å². The van der Waals surface area contributed by atoms with Crippen LogP contribution in [0.15, 0.2) is 9.85 Å². The number of hydrogen-bond donors (Lipinski definition) is 1. The molecule has 0 radical (unpaired) electrons. The van der Waals surface area contributed by atoms with Crippen LogP contribution in [0.3, 0.4) is 0 Å². The molecule has 84 valence electrons. The number of thioether (sulfide) groups is 1. The molecule has 5 heteroatoms. The summed E-state index contributed by atoms with van der Waals surface area (Å²) in [6, 6.07) is 0.802. The molecule has 1 aliphatic rings. The third-order valence-electron chi connectivity index (χ3n) is 2.67. The van der Waals surface area contributed by atoms with E-state index in [1.165, 1.54) is 32.1 Å². The molecule has 1 aromatic rings. The highest BCUT2D eigenvalue weighted by atomic mass is 32.2. The molecular formula is C10H17N3S2. The van der Waals surface area contributed by atoms with E-state index in [1.54, 1.807) is 16.8 Å². The zero-order valence-corrected chi connectivity index (χ0v) is 10.4. The largest absolute Gasteiger partial charge is 0.314 e. The van der Waals surface area contributed by atoms with E-state index in [1.807, 2.05) is 11.8 Å². The summed E-state index contributed by atoms with van der Waals surface area (Å²) >= 11 is 3.44. The summed E-state index contributed by atoms with van der Waals surface area (Å²) in [4.78, 5) is 0. The van der Waals surface area contributed by atoms with E-state index >= 15 is 0 Å². The lowest BCUT2D eigenvalue weighted by Crippen LogP contribution is -2.27. The molecule has 0 atom stereocenters. The molecule has 1 fully saturated rings. The summed E-state index contributed by atoms with van der Waals surface area (Å²) in [6.07, 6.45) is 6.81. The maximum absolute atomic E-state index is 4.00. The molecule has 0 amide bonds. The van der Waals surface area contributed by atoms with Gasteiger partial charge in [0.25, 0.3) is 0 Å². The van der Waals surface area contributed by atoms with Crippen LogP contribution in [0, 0.1) is 0 Å². The average molecular weight is 243 g/mol. The van der Waals surface area contributed by atoms with E-state index < -0.39 is 0 Å². The van der Waals surface area contributed by atoms with Crippen molar-refractivity contribution in [3.63, 3.8) is 0 Å². The Bertz CT molecular complexity index is 258. The fourth-order valence-electron chi connectivity index (χ4n) is 1.89. The first-order valence-electron chi connectivity index (χ1n) is 5.57. The van der Waals surface area contributed by atoms with Crippen LogP contribution in [-0.2, 0) is 0 Å². The number of nitrogens with zero attached hydrogens (tertiary/aromatic N) is 2. The van der Waals surface area contributed by atoms with E-state index in [9.17, 15) is 0 Å². The van der Waals surface area contributed by atoms with Crippen LogP contribution in [0.1, 0.15) is 32.1 Å². The van der Waals surface area contributed by atoms with Crippen molar-refractivity contribution in [2.24, 2.45) is 0 Å². The van der Waals surface area contributed by atoms with Gasteiger partial charge < -0.3 is 5.32 Å². The van der Waals surface area contributed by atoms with E-state index in [4.69, 9.17) is 0 Å². The number of rotatable bonds is 6. The topological polar surface area (TPSA) is 37.8 Å². The van der Waals surface area contributed by atoms with Crippen LogP contribution in [0.25, 0.3) is 0 Å². The van der Waals surface area contributed by atoms with Crippen LogP contribution >= 0.6 is 23.1 Å². The van der Waals surface area contributed by atoms with Crippen molar-refractivity contribution in [3.8, 4) is 0 Å². The Morgan fingerprint density at radius 3 is 3.07 bits per heavy atom. The first-order valence-corrected chi connectivity index (χ1v) is 7.44. The standard InChI is InChI=1S/C10H17N3S2/c1-2-5-9(4-1)11-6-3-7-14-10-13-12-8-15-10/h8-9,11H,1-7H2. The van der Waals surface area contributed by atoms with Gasteiger partial charge in [0.05, 0.1) is 0 Å². The molecule has 0 bridgehead atoms. The summed E-state index contributed by atoms with van der Waals surface area (Å²) in [6.45, 7) is 1.15. The molecule has 0 spiro atoms.